The average molecular weight is 695 g/mol. The van der Waals surface area contributed by atoms with Gasteiger partial charge in [-0.1, -0.05) is 81.7 Å². The molecule has 46 heavy (non-hydrogen) atoms. The molecule has 0 bridgehead atoms. The molecule has 7 rings (SSSR count). The molecular formula is C40H36N4OPd. The number of aromatic nitrogens is 4. The van der Waals surface area contributed by atoms with E-state index in [1.807, 2.05) is 30.5 Å². The molecule has 0 spiro atoms. The van der Waals surface area contributed by atoms with Gasteiger partial charge in [0.25, 0.3) is 0 Å². The van der Waals surface area contributed by atoms with E-state index in [2.05, 4.69) is 129 Å². The summed E-state index contributed by atoms with van der Waals surface area (Å²) in [6.07, 6.45) is 2.85. The zero-order valence-electron chi connectivity index (χ0n) is 26.7. The maximum absolute atomic E-state index is 6.47. The normalized spacial score (nSPS) is 12.0. The van der Waals surface area contributed by atoms with Crippen molar-refractivity contribution in [2.24, 2.45) is 0 Å². The molecule has 0 aliphatic carbocycles. The molecular weight excluding hydrogens is 659 g/mol. The van der Waals surface area contributed by atoms with Crippen molar-refractivity contribution in [3.8, 4) is 34.1 Å². The van der Waals surface area contributed by atoms with Gasteiger partial charge in [-0.25, -0.2) is 4.98 Å². The molecule has 0 aliphatic heterocycles. The summed E-state index contributed by atoms with van der Waals surface area (Å²) in [4.78, 5) is 4.70. The van der Waals surface area contributed by atoms with E-state index in [1.54, 1.807) is 0 Å². The van der Waals surface area contributed by atoms with Crippen LogP contribution >= 0.6 is 0 Å². The zero-order valence-corrected chi connectivity index (χ0v) is 28.2. The van der Waals surface area contributed by atoms with Crippen molar-refractivity contribution in [2.75, 3.05) is 0 Å². The Morgan fingerprint density at radius 1 is 0.804 bits per heavy atom. The molecule has 232 valence electrons. The number of para-hydroxylation sites is 1. The van der Waals surface area contributed by atoms with Crippen molar-refractivity contribution in [3.63, 3.8) is 0 Å². The van der Waals surface area contributed by atoms with Gasteiger partial charge in [0.2, 0.25) is 0 Å². The van der Waals surface area contributed by atoms with Gasteiger partial charge in [0, 0.05) is 28.8 Å². The van der Waals surface area contributed by atoms with Crippen LogP contribution in [0.4, 0.5) is 0 Å². The van der Waals surface area contributed by atoms with Crippen LogP contribution in [0.25, 0.3) is 44.4 Å². The molecule has 0 saturated carbocycles. The molecule has 4 aromatic carbocycles. The Kier molecular flexibility index (Phi) is 8.95. The van der Waals surface area contributed by atoms with Crippen LogP contribution in [-0.2, 0) is 20.4 Å². The summed E-state index contributed by atoms with van der Waals surface area (Å²) in [6, 6.07) is 40.3. The Morgan fingerprint density at radius 3 is 2.33 bits per heavy atom. The molecule has 6 heteroatoms. The van der Waals surface area contributed by atoms with Gasteiger partial charge in [0.05, 0.1) is 11.4 Å². The summed E-state index contributed by atoms with van der Waals surface area (Å²) >= 11 is 0. The third-order valence-electron chi connectivity index (χ3n) is 8.52. The van der Waals surface area contributed by atoms with Crippen LogP contribution in [0.15, 0.2) is 103 Å². The van der Waals surface area contributed by atoms with Crippen LogP contribution in [0.1, 0.15) is 62.9 Å². The van der Waals surface area contributed by atoms with E-state index in [-0.39, 0.29) is 26.3 Å². The number of hydrogen-bond donors (Lipinski definition) is 0. The maximum atomic E-state index is 6.47. The molecule has 0 amide bonds. The van der Waals surface area contributed by atoms with Crippen LogP contribution in [-0.4, -0.2) is 19.3 Å². The Balaban J connectivity index is 0.00000372. The quantitative estimate of drug-likeness (QED) is 0.117. The molecule has 7 aromatic rings. The average Bonchev–Trinajstić information content (AvgIpc) is 3.62. The van der Waals surface area contributed by atoms with Crippen molar-refractivity contribution in [2.45, 2.75) is 52.9 Å². The van der Waals surface area contributed by atoms with E-state index in [0.29, 0.717) is 17.4 Å². The molecule has 1 atom stereocenters. The van der Waals surface area contributed by atoms with Crippen molar-refractivity contribution < 1.29 is 25.2 Å². The van der Waals surface area contributed by atoms with Crippen LogP contribution < -0.4 is 4.74 Å². The topological polar surface area (TPSA) is 44.9 Å². The van der Waals surface area contributed by atoms with E-state index >= 15 is 0 Å². The molecule has 0 fully saturated rings. The van der Waals surface area contributed by atoms with Gasteiger partial charge in [-0.05, 0) is 65.6 Å². The summed E-state index contributed by atoms with van der Waals surface area (Å²) in [5.41, 5.74) is 8.70. The Morgan fingerprint density at radius 2 is 1.57 bits per heavy atom. The predicted molar refractivity (Wildman–Crippen MR) is 183 cm³/mol. The second-order valence-corrected chi connectivity index (χ2v) is 12.0. The number of ether oxygens (including phenoxy) is 1. The van der Waals surface area contributed by atoms with Gasteiger partial charge in [0.15, 0.2) is 0 Å². The third kappa shape index (κ3) is 5.68. The standard InChI is InChI=1S/C40H36N4O.Pd/c1-6-28(5)40-38(29-13-8-7-9-14-29)39(26(2)3)42-44(40)30-15-12-16-31(24-30)45-32-19-20-34-33-17-10-11-18-35(33)43(36(34)25-32)37-23-27(4)21-22-41-37;/h7-23,26,28H,6H2,1-5H3;/q-2;+2. The number of hydrogen-bond acceptors (Lipinski definition) is 3. The molecule has 0 N–H and O–H groups in total. The molecule has 5 nitrogen and oxygen atoms in total. The van der Waals surface area contributed by atoms with Crippen LogP contribution in [0.5, 0.6) is 11.5 Å². The summed E-state index contributed by atoms with van der Waals surface area (Å²) in [5.74, 6) is 2.64. The Labute approximate surface area is 284 Å². The largest absolute Gasteiger partial charge is 2.00 e. The first-order chi connectivity index (χ1) is 21.9. The SMILES string of the molecule is CCC(C)c1c(-c2ccccc2)c(C(C)C)nn1-c1[c-]c(Oc2[c-]c3c(cc2)c2ccccc2n3-c2cc(C)ccn2)ccc1.[Pd+2]. The van der Waals surface area contributed by atoms with E-state index < -0.39 is 0 Å². The summed E-state index contributed by atoms with van der Waals surface area (Å²) in [7, 11) is 0. The summed E-state index contributed by atoms with van der Waals surface area (Å²) in [6.45, 7) is 11.0. The smallest absolute Gasteiger partial charge is 0.509 e. The number of aryl methyl sites for hydroxylation is 1. The number of pyridine rings is 1. The molecule has 3 heterocycles. The fourth-order valence-corrected chi connectivity index (χ4v) is 6.14. The van der Waals surface area contributed by atoms with E-state index in [0.717, 1.165) is 51.0 Å². The predicted octanol–water partition coefficient (Wildman–Crippen LogP) is 10.4. The van der Waals surface area contributed by atoms with E-state index in [4.69, 9.17) is 14.8 Å². The number of rotatable bonds is 8. The Bertz CT molecular complexity index is 2140. The minimum absolute atomic E-state index is 0. The minimum Gasteiger partial charge on any atom is -0.509 e. The van der Waals surface area contributed by atoms with Gasteiger partial charge in [-0.3, -0.25) is 4.68 Å². The van der Waals surface area contributed by atoms with E-state index in [9.17, 15) is 0 Å². The molecule has 0 aliphatic rings. The van der Waals surface area contributed by atoms with Crippen LogP contribution in [0.2, 0.25) is 0 Å². The second-order valence-electron chi connectivity index (χ2n) is 12.0. The minimum atomic E-state index is 0. The monoisotopic (exact) mass is 694 g/mol. The summed E-state index contributed by atoms with van der Waals surface area (Å²) < 4.78 is 10.7. The fourth-order valence-electron chi connectivity index (χ4n) is 6.14. The van der Waals surface area contributed by atoms with Crippen molar-refractivity contribution >= 4 is 21.8 Å². The van der Waals surface area contributed by atoms with Crippen LogP contribution in [0, 0.1) is 19.1 Å². The van der Waals surface area contributed by atoms with Gasteiger partial charge < -0.3 is 9.30 Å². The maximum Gasteiger partial charge on any atom is 2.00 e. The summed E-state index contributed by atoms with van der Waals surface area (Å²) in [5, 5.41) is 7.45. The first-order valence-corrected chi connectivity index (χ1v) is 15.7. The molecule has 0 radical (unpaired) electrons. The van der Waals surface area contributed by atoms with Gasteiger partial charge >= 0.3 is 20.4 Å². The molecule has 1 unspecified atom stereocenters. The third-order valence-corrected chi connectivity index (χ3v) is 8.52. The Hall–Kier alpha value is -4.50. The number of fused-ring (bicyclic) bond motifs is 3. The first kappa shape index (κ1) is 31.5. The van der Waals surface area contributed by atoms with Crippen molar-refractivity contribution in [1.29, 1.82) is 0 Å². The number of nitrogens with zero attached hydrogens (tertiary/aromatic N) is 4. The molecule has 3 aromatic heterocycles. The molecule has 0 saturated heterocycles. The van der Waals surface area contributed by atoms with Gasteiger partial charge in [-0.2, -0.15) is 17.2 Å². The van der Waals surface area contributed by atoms with Crippen molar-refractivity contribution in [3.05, 3.63) is 132 Å². The fraction of sp³-hybridized carbons (Fsp3) is 0.200. The van der Waals surface area contributed by atoms with Crippen molar-refractivity contribution in [1.82, 2.24) is 19.3 Å². The number of benzene rings is 4. The van der Waals surface area contributed by atoms with E-state index in [1.165, 1.54) is 16.8 Å². The van der Waals surface area contributed by atoms with Crippen LogP contribution in [0.3, 0.4) is 0 Å². The van der Waals surface area contributed by atoms with Gasteiger partial charge in [0.1, 0.15) is 5.82 Å². The first-order valence-electron chi connectivity index (χ1n) is 15.7. The second kappa shape index (κ2) is 13.1. The zero-order chi connectivity index (χ0) is 31.1. The van der Waals surface area contributed by atoms with Gasteiger partial charge in [-0.15, -0.1) is 35.7 Å².